The molecule has 2 aromatic rings. The molecule has 1 atom stereocenters. The van der Waals surface area contributed by atoms with Crippen molar-refractivity contribution < 1.29 is 4.79 Å². The molecule has 3 rings (SSSR count). The first-order valence-corrected chi connectivity index (χ1v) is 7.99. The minimum absolute atomic E-state index is 0.131. The maximum atomic E-state index is 12.4. The monoisotopic (exact) mass is 314 g/mol. The molecule has 0 saturated carbocycles. The number of likely N-dealkylation sites (tertiary alicyclic amines) is 1. The molecule has 1 aliphatic heterocycles. The number of nitrogens with one attached hydrogen (secondary N) is 1. The zero-order valence-electron chi connectivity index (χ0n) is 13.4. The second-order valence-electron chi connectivity index (χ2n) is 5.86. The fraction of sp³-hybridized carbons (Fsp3) is 0.500. The predicted octanol–water partition coefficient (Wildman–Crippen LogP) is 1.20. The molecule has 0 radical (unpaired) electrons. The van der Waals surface area contributed by atoms with E-state index < -0.39 is 0 Å². The average molecular weight is 314 g/mol. The number of piperidine rings is 1. The molecule has 0 aliphatic carbocycles. The lowest BCUT2D eigenvalue weighted by Crippen LogP contribution is -2.42. The summed E-state index contributed by atoms with van der Waals surface area (Å²) in [6.45, 7) is 1.92. The first kappa shape index (κ1) is 15.5. The normalized spacial score (nSPS) is 18.0. The van der Waals surface area contributed by atoms with Gasteiger partial charge in [-0.15, -0.1) is 0 Å². The maximum Gasteiger partial charge on any atom is 0.244 e. The molecule has 7 nitrogen and oxygen atoms in total. The van der Waals surface area contributed by atoms with Crippen LogP contribution in [0.5, 0.6) is 0 Å². The second-order valence-corrected chi connectivity index (χ2v) is 5.86. The Morgan fingerprint density at radius 3 is 3.00 bits per heavy atom. The van der Waals surface area contributed by atoms with Gasteiger partial charge in [-0.1, -0.05) is 0 Å². The molecule has 23 heavy (non-hydrogen) atoms. The minimum atomic E-state index is 0.131. The topological polar surface area (TPSA) is 75.9 Å². The highest BCUT2D eigenvalue weighted by molar-refractivity contribution is 5.76. The van der Waals surface area contributed by atoms with Gasteiger partial charge in [-0.25, -0.2) is 4.98 Å². The molecule has 0 bridgehead atoms. The molecule has 0 aromatic carbocycles. The standard InChI is InChI=1S/C16H22N6O/c1-17-16-14(18-6-7-19-16)10-13-4-2-8-21(11-13)15(23)12-22-9-3-5-20-22/h3,5-7,9,13H,2,4,8,10-12H2,1H3,(H,17,19). The fourth-order valence-electron chi connectivity index (χ4n) is 3.09. The molecular weight excluding hydrogens is 292 g/mol. The summed E-state index contributed by atoms with van der Waals surface area (Å²) in [5.41, 5.74) is 0.973. The van der Waals surface area contributed by atoms with Crippen LogP contribution in [-0.4, -0.2) is 50.7 Å². The van der Waals surface area contributed by atoms with E-state index in [9.17, 15) is 4.79 Å². The van der Waals surface area contributed by atoms with E-state index in [-0.39, 0.29) is 5.91 Å². The van der Waals surface area contributed by atoms with E-state index in [1.165, 1.54) is 0 Å². The predicted molar refractivity (Wildman–Crippen MR) is 86.8 cm³/mol. The van der Waals surface area contributed by atoms with Crippen LogP contribution >= 0.6 is 0 Å². The van der Waals surface area contributed by atoms with Crippen LogP contribution in [0.1, 0.15) is 18.5 Å². The van der Waals surface area contributed by atoms with Crippen molar-refractivity contribution in [2.75, 3.05) is 25.5 Å². The molecule has 1 N–H and O–H groups in total. The van der Waals surface area contributed by atoms with Gasteiger partial charge in [-0.05, 0) is 31.2 Å². The van der Waals surface area contributed by atoms with Crippen molar-refractivity contribution in [2.24, 2.45) is 5.92 Å². The van der Waals surface area contributed by atoms with E-state index in [1.54, 1.807) is 23.3 Å². The third-order valence-electron chi connectivity index (χ3n) is 4.22. The van der Waals surface area contributed by atoms with Gasteiger partial charge in [0, 0.05) is 44.9 Å². The van der Waals surface area contributed by atoms with Gasteiger partial charge in [0.1, 0.15) is 12.4 Å². The Balaban J connectivity index is 1.60. The van der Waals surface area contributed by atoms with Crippen molar-refractivity contribution in [3.05, 3.63) is 36.5 Å². The van der Waals surface area contributed by atoms with Crippen molar-refractivity contribution in [3.63, 3.8) is 0 Å². The highest BCUT2D eigenvalue weighted by Gasteiger charge is 2.25. The third kappa shape index (κ3) is 3.85. The number of anilines is 1. The van der Waals surface area contributed by atoms with E-state index >= 15 is 0 Å². The van der Waals surface area contributed by atoms with Crippen LogP contribution < -0.4 is 5.32 Å². The largest absolute Gasteiger partial charge is 0.372 e. The second kappa shape index (κ2) is 7.21. The summed E-state index contributed by atoms with van der Waals surface area (Å²) in [6.07, 6.45) is 9.92. The van der Waals surface area contributed by atoms with Crippen molar-refractivity contribution >= 4 is 11.7 Å². The molecule has 3 heterocycles. The van der Waals surface area contributed by atoms with Crippen LogP contribution in [0.4, 0.5) is 5.82 Å². The highest BCUT2D eigenvalue weighted by atomic mass is 16.2. The van der Waals surface area contributed by atoms with Gasteiger partial charge in [-0.2, -0.15) is 5.10 Å². The number of carbonyl (C=O) groups is 1. The molecular formula is C16H22N6O. The fourth-order valence-corrected chi connectivity index (χ4v) is 3.09. The Morgan fingerprint density at radius 1 is 1.35 bits per heavy atom. The lowest BCUT2D eigenvalue weighted by atomic mass is 9.93. The maximum absolute atomic E-state index is 12.4. The summed E-state index contributed by atoms with van der Waals surface area (Å²) >= 11 is 0. The molecule has 1 saturated heterocycles. The van der Waals surface area contributed by atoms with Gasteiger partial charge < -0.3 is 10.2 Å². The molecule has 0 spiro atoms. The lowest BCUT2D eigenvalue weighted by molar-refractivity contribution is -0.133. The van der Waals surface area contributed by atoms with Crippen molar-refractivity contribution in [1.29, 1.82) is 0 Å². The molecule has 122 valence electrons. The first-order chi connectivity index (χ1) is 11.3. The van der Waals surface area contributed by atoms with E-state index in [1.807, 2.05) is 24.2 Å². The third-order valence-corrected chi connectivity index (χ3v) is 4.22. The van der Waals surface area contributed by atoms with E-state index in [0.717, 1.165) is 43.9 Å². The number of carbonyl (C=O) groups excluding carboxylic acids is 1. The molecule has 1 unspecified atom stereocenters. The van der Waals surface area contributed by atoms with Crippen molar-refractivity contribution in [1.82, 2.24) is 24.6 Å². The van der Waals surface area contributed by atoms with Gasteiger partial charge in [0.25, 0.3) is 0 Å². The van der Waals surface area contributed by atoms with E-state index in [0.29, 0.717) is 12.5 Å². The molecule has 1 fully saturated rings. The first-order valence-electron chi connectivity index (χ1n) is 7.99. The zero-order valence-corrected chi connectivity index (χ0v) is 13.4. The number of amides is 1. The Morgan fingerprint density at radius 2 is 2.22 bits per heavy atom. The summed E-state index contributed by atoms with van der Waals surface area (Å²) in [7, 11) is 1.86. The smallest absolute Gasteiger partial charge is 0.244 e. The van der Waals surface area contributed by atoms with Gasteiger partial charge >= 0.3 is 0 Å². The summed E-state index contributed by atoms with van der Waals surface area (Å²) in [5.74, 6) is 1.38. The Bertz CT molecular complexity index is 642. The van der Waals surface area contributed by atoms with E-state index in [4.69, 9.17) is 0 Å². The molecule has 1 aliphatic rings. The number of hydrogen-bond acceptors (Lipinski definition) is 5. The number of nitrogens with zero attached hydrogens (tertiary/aromatic N) is 5. The van der Waals surface area contributed by atoms with Crippen LogP contribution in [-0.2, 0) is 17.8 Å². The highest BCUT2D eigenvalue weighted by Crippen LogP contribution is 2.22. The van der Waals surface area contributed by atoms with Gasteiger partial charge in [0.2, 0.25) is 5.91 Å². The van der Waals surface area contributed by atoms with Crippen LogP contribution in [0.25, 0.3) is 0 Å². The van der Waals surface area contributed by atoms with Crippen LogP contribution in [0.2, 0.25) is 0 Å². The van der Waals surface area contributed by atoms with Gasteiger partial charge in [0.05, 0.1) is 5.69 Å². The Labute approximate surface area is 135 Å². The van der Waals surface area contributed by atoms with Crippen molar-refractivity contribution in [2.45, 2.75) is 25.8 Å². The average Bonchev–Trinajstić information content (AvgIpc) is 3.08. The van der Waals surface area contributed by atoms with Crippen molar-refractivity contribution in [3.8, 4) is 0 Å². The molecule has 2 aromatic heterocycles. The van der Waals surface area contributed by atoms with Crippen LogP contribution in [0, 0.1) is 5.92 Å². The summed E-state index contributed by atoms with van der Waals surface area (Å²) in [5, 5.41) is 7.19. The SMILES string of the molecule is CNc1nccnc1CC1CCCN(C(=O)Cn2cccn2)C1. The quantitative estimate of drug-likeness (QED) is 0.897. The minimum Gasteiger partial charge on any atom is -0.372 e. The van der Waals surface area contributed by atoms with Crippen LogP contribution in [0.15, 0.2) is 30.9 Å². The lowest BCUT2D eigenvalue weighted by Gasteiger charge is -2.32. The Kier molecular flexibility index (Phi) is 4.85. The van der Waals surface area contributed by atoms with Gasteiger partial charge in [-0.3, -0.25) is 14.5 Å². The summed E-state index contributed by atoms with van der Waals surface area (Å²) in [4.78, 5) is 23.1. The number of hydrogen-bond donors (Lipinski definition) is 1. The van der Waals surface area contributed by atoms with Crippen LogP contribution in [0.3, 0.4) is 0 Å². The van der Waals surface area contributed by atoms with Gasteiger partial charge in [0.15, 0.2) is 0 Å². The Hall–Kier alpha value is -2.44. The van der Waals surface area contributed by atoms with E-state index in [2.05, 4.69) is 20.4 Å². The molecule has 7 heteroatoms. The summed E-state index contributed by atoms with van der Waals surface area (Å²) in [6, 6.07) is 1.83. The molecule has 1 amide bonds. The number of rotatable bonds is 5. The number of aromatic nitrogens is 4. The zero-order chi connectivity index (χ0) is 16.1. The summed E-state index contributed by atoms with van der Waals surface area (Å²) < 4.78 is 1.67.